The van der Waals surface area contributed by atoms with E-state index in [0.717, 1.165) is 0 Å². The van der Waals surface area contributed by atoms with Crippen LogP contribution in [0.3, 0.4) is 0 Å². The molecule has 0 unspecified atom stereocenters. The van der Waals surface area contributed by atoms with Crippen LogP contribution >= 0.6 is 14.1 Å². The Morgan fingerprint density at radius 2 is 0.500 bits per heavy atom. The van der Waals surface area contributed by atoms with Crippen LogP contribution in [0.5, 0.6) is 0 Å². The van der Waals surface area contributed by atoms with Gasteiger partial charge in [0, 0.05) is 0 Å². The third-order valence-corrected chi connectivity index (χ3v) is 0. The van der Waals surface area contributed by atoms with Gasteiger partial charge in [-0.15, -0.1) is 0 Å². The van der Waals surface area contributed by atoms with Crippen molar-refractivity contribution in [2.75, 3.05) is 0 Å². The predicted octanol–water partition coefficient (Wildman–Crippen LogP) is -1.14. The zero-order chi connectivity index (χ0) is 12.0. The monoisotopic (exact) mass is 274 g/mol. The average Bonchev–Trinajstić information content (AvgIpc) is 2.33. The fourth-order valence-electron chi connectivity index (χ4n) is 0. The standard InChI is InChI=1S/5CO.BrH.Mn/c5*1-2;;/h;;;;;1H;/q;;;;;;+1/p-1. The summed E-state index contributed by atoms with van der Waals surface area (Å²) in [5, 5.41) is 0. The van der Waals surface area contributed by atoms with Crippen LogP contribution < -0.4 is 0 Å². The van der Waals surface area contributed by atoms with Crippen LogP contribution in [0.15, 0.2) is 0 Å². The second-order valence-corrected chi connectivity index (χ2v) is 0. The first kappa shape index (κ1) is 42.5. The molecular weight excluding hydrogens is 275 g/mol. The number of halogens is 1. The van der Waals surface area contributed by atoms with E-state index in [2.05, 4.69) is 62.3 Å². The molecule has 10 radical (unpaired) electrons. The third kappa shape index (κ3) is 1540. The third-order valence-electron chi connectivity index (χ3n) is 0. The maximum absolute atomic E-state index is 7.50. The molecule has 0 saturated carbocycles. The molecule has 0 aromatic rings. The van der Waals surface area contributed by atoms with Crippen molar-refractivity contribution in [1.82, 2.24) is 0 Å². The first-order valence-electron chi connectivity index (χ1n) is 1.16. The molecule has 0 fully saturated rings. The first-order chi connectivity index (χ1) is 6.00. The van der Waals surface area contributed by atoms with E-state index in [1.807, 2.05) is 0 Å². The summed E-state index contributed by atoms with van der Waals surface area (Å²) in [5.74, 6) is 0. The van der Waals surface area contributed by atoms with Gasteiger partial charge in [-0.25, -0.2) is 0 Å². The topological polar surface area (TPSA) is 85.3 Å². The molecule has 0 heterocycles. The number of carbonyl (C=O) groups excluding carboxylic acids is 5. The van der Waals surface area contributed by atoms with Crippen LogP contribution in [0.25, 0.3) is 0 Å². The molecule has 0 atom stereocenters. The van der Waals surface area contributed by atoms with E-state index in [0.29, 0.717) is 0 Å². The summed E-state index contributed by atoms with van der Waals surface area (Å²) in [6.07, 6.45) is 0. The van der Waals surface area contributed by atoms with Gasteiger partial charge in [0.25, 0.3) is 33.9 Å². The first-order valence-corrected chi connectivity index (χ1v) is 4.08. The number of hydrogen-bond donors (Lipinski definition) is 0. The average molecular weight is 275 g/mol. The predicted molar refractivity (Wildman–Crippen MR) is 37.4 cm³/mol. The van der Waals surface area contributed by atoms with Gasteiger partial charge in [0.1, 0.15) is 0 Å². The fourth-order valence-corrected chi connectivity index (χ4v) is 0. The second-order valence-electron chi connectivity index (χ2n) is 0. The Morgan fingerprint density at radius 3 is 0.500 bits per heavy atom. The molecular formula is C5BrMnO5. The molecule has 0 aliphatic heterocycles. The molecule has 7 heteroatoms. The molecule has 5 nitrogen and oxygen atoms in total. The molecule has 64 valence electrons. The van der Waals surface area contributed by atoms with Crippen LogP contribution in [-0.2, 0) is 38.2 Å². The molecule has 0 aromatic heterocycles. The Bertz CT molecular complexity index is 31.4. The van der Waals surface area contributed by atoms with Crippen molar-refractivity contribution >= 4 is 48.1 Å². The van der Waals surface area contributed by atoms with Gasteiger partial charge in [0.2, 0.25) is 0 Å². The summed E-state index contributed by atoms with van der Waals surface area (Å²) >= 11 is 5.50. The zero-order valence-electron chi connectivity index (χ0n) is 5.30. The van der Waals surface area contributed by atoms with E-state index in [9.17, 15) is 0 Å². The molecule has 12 heavy (non-hydrogen) atoms. The zero-order valence-corrected chi connectivity index (χ0v) is 8.06. The van der Waals surface area contributed by atoms with Crippen molar-refractivity contribution < 1.29 is 38.2 Å². The van der Waals surface area contributed by atoms with Crippen molar-refractivity contribution in [2.45, 2.75) is 0 Å². The van der Waals surface area contributed by atoms with Crippen molar-refractivity contribution in [3.05, 3.63) is 0 Å². The van der Waals surface area contributed by atoms with Crippen LogP contribution in [0.4, 0.5) is 0 Å². The van der Waals surface area contributed by atoms with Gasteiger partial charge >= 0.3 is 28.3 Å². The summed E-state index contributed by atoms with van der Waals surface area (Å²) in [5.41, 5.74) is 0. The minimum atomic E-state index is 2.75. The van der Waals surface area contributed by atoms with Gasteiger partial charge in [0.05, 0.1) is 0 Å². The van der Waals surface area contributed by atoms with Crippen LogP contribution in [-0.4, -0.2) is 33.9 Å². The fraction of sp³-hybridized carbons (Fsp3) is 0. The maximum atomic E-state index is 7.50. The molecule has 0 amide bonds. The van der Waals surface area contributed by atoms with Gasteiger partial charge < -0.3 is 0 Å². The van der Waals surface area contributed by atoms with Crippen LogP contribution in [0.2, 0.25) is 0 Å². The Balaban J connectivity index is -0.00000000900. The summed E-state index contributed by atoms with van der Waals surface area (Å²) in [4.78, 5) is 37.5. The molecule has 0 aliphatic carbocycles. The van der Waals surface area contributed by atoms with Gasteiger partial charge in [0.15, 0.2) is 0 Å². The van der Waals surface area contributed by atoms with Crippen molar-refractivity contribution in [3.63, 3.8) is 0 Å². The van der Waals surface area contributed by atoms with Crippen molar-refractivity contribution in [2.24, 2.45) is 0 Å². The van der Waals surface area contributed by atoms with Crippen LogP contribution in [0, 0.1) is 0 Å². The van der Waals surface area contributed by atoms with E-state index < -0.39 is 0 Å². The SMILES string of the molecule is [C]=O.[C]=O.[C]=O.[C]=O.[C]=O.[Mn][Br]. The quantitative estimate of drug-likeness (QED) is 0.521. The van der Waals surface area contributed by atoms with Crippen LogP contribution in [0.1, 0.15) is 0 Å². The summed E-state index contributed by atoms with van der Waals surface area (Å²) in [6.45, 7) is 22.5. The molecule has 0 rings (SSSR count). The molecule has 0 spiro atoms. The van der Waals surface area contributed by atoms with Gasteiger partial charge in [-0.05, 0) is 0 Å². The van der Waals surface area contributed by atoms with E-state index in [1.165, 1.54) is 0 Å². The number of rotatable bonds is 0. The molecule has 0 saturated heterocycles. The second kappa shape index (κ2) is 2140. The van der Waals surface area contributed by atoms with Gasteiger partial charge in [-0.2, -0.15) is 0 Å². The van der Waals surface area contributed by atoms with Crippen molar-refractivity contribution in [3.8, 4) is 0 Å². The molecule has 0 aromatic carbocycles. The van der Waals surface area contributed by atoms with E-state index in [4.69, 9.17) is 24.0 Å². The van der Waals surface area contributed by atoms with Gasteiger partial charge in [-0.1, -0.05) is 0 Å². The molecule has 0 N–H and O–H groups in total. The van der Waals surface area contributed by atoms with Crippen molar-refractivity contribution in [1.29, 1.82) is 0 Å². The Kier molecular flexibility index (Phi) is 7570. The summed E-state index contributed by atoms with van der Waals surface area (Å²) in [7, 11) is 0. The van der Waals surface area contributed by atoms with E-state index >= 15 is 0 Å². The van der Waals surface area contributed by atoms with E-state index in [1.54, 1.807) is 0 Å². The Labute approximate surface area is 86.4 Å². The Hall–Kier alpha value is -0.651. The normalized spacial score (nSPS) is 2.17. The molecule has 0 aliphatic rings. The summed E-state index contributed by atoms with van der Waals surface area (Å²) < 4.78 is 0. The minimum absolute atomic E-state index is 2.75. The summed E-state index contributed by atoms with van der Waals surface area (Å²) in [6, 6.07) is 0. The molecule has 0 bridgehead atoms. The number of hydrogen-bond acceptors (Lipinski definition) is 5. The Morgan fingerprint density at radius 1 is 0.500 bits per heavy atom. The van der Waals surface area contributed by atoms with Gasteiger partial charge in [-0.3, -0.25) is 24.0 Å². The van der Waals surface area contributed by atoms with E-state index in [-0.39, 0.29) is 0 Å².